The van der Waals surface area contributed by atoms with Crippen molar-refractivity contribution in [3.05, 3.63) is 10.7 Å². The van der Waals surface area contributed by atoms with E-state index in [1.807, 2.05) is 0 Å². The highest BCUT2D eigenvalue weighted by Crippen LogP contribution is 2.33. The molecule has 2 unspecified atom stereocenters. The monoisotopic (exact) mass is 242 g/mol. The summed E-state index contributed by atoms with van der Waals surface area (Å²) in [4.78, 5) is 7.96. The zero-order valence-corrected chi connectivity index (χ0v) is 8.87. The molecule has 1 aliphatic rings. The highest BCUT2D eigenvalue weighted by atomic mass is 79.9. The van der Waals surface area contributed by atoms with Gasteiger partial charge in [0.15, 0.2) is 0 Å². The van der Waals surface area contributed by atoms with Gasteiger partial charge in [0.05, 0.1) is 4.47 Å². The van der Waals surface area contributed by atoms with Crippen molar-refractivity contribution >= 4 is 27.7 Å². The van der Waals surface area contributed by atoms with Gasteiger partial charge in [0, 0.05) is 12.2 Å². The van der Waals surface area contributed by atoms with Gasteiger partial charge in [0.25, 0.3) is 0 Å². The van der Waals surface area contributed by atoms with Gasteiger partial charge < -0.3 is 11.1 Å². The van der Waals surface area contributed by atoms with E-state index in [-0.39, 0.29) is 0 Å². The van der Waals surface area contributed by atoms with Crippen LogP contribution in [0.25, 0.3) is 0 Å². The average molecular weight is 243 g/mol. The summed E-state index contributed by atoms with van der Waals surface area (Å²) in [5.41, 5.74) is 5.48. The van der Waals surface area contributed by atoms with Gasteiger partial charge in [-0.1, -0.05) is 6.92 Å². The number of rotatable bonds is 2. The first kappa shape index (κ1) is 8.74. The standard InChI is InChI=1S/C8H11BrN4/c1-4-2-6(4)12-7-5(9)3-11-8(10)13-7/h3-4,6H,2H2,1H3,(H3,10,11,12,13). The molecule has 0 aliphatic heterocycles. The molecule has 4 nitrogen and oxygen atoms in total. The number of nitrogen functional groups attached to an aromatic ring is 1. The maximum Gasteiger partial charge on any atom is 0.221 e. The summed E-state index contributed by atoms with van der Waals surface area (Å²) in [6.07, 6.45) is 2.87. The number of nitrogens with two attached hydrogens (primary N) is 1. The summed E-state index contributed by atoms with van der Waals surface area (Å²) in [7, 11) is 0. The third-order valence-corrected chi connectivity index (χ3v) is 2.77. The number of hydrogen-bond acceptors (Lipinski definition) is 4. The zero-order valence-electron chi connectivity index (χ0n) is 7.29. The predicted molar refractivity (Wildman–Crippen MR) is 55.3 cm³/mol. The maximum atomic E-state index is 5.48. The Balaban J connectivity index is 2.14. The molecule has 0 spiro atoms. The Kier molecular flexibility index (Phi) is 2.11. The molecule has 1 fully saturated rings. The zero-order chi connectivity index (χ0) is 9.42. The summed E-state index contributed by atoms with van der Waals surface area (Å²) in [5.74, 6) is 1.84. The van der Waals surface area contributed by atoms with Crippen molar-refractivity contribution in [2.75, 3.05) is 11.1 Å². The molecular weight excluding hydrogens is 232 g/mol. The van der Waals surface area contributed by atoms with Crippen LogP contribution >= 0.6 is 15.9 Å². The average Bonchev–Trinajstić information content (AvgIpc) is 2.75. The number of halogens is 1. The van der Waals surface area contributed by atoms with Crippen LogP contribution in [0.4, 0.5) is 11.8 Å². The van der Waals surface area contributed by atoms with Crippen molar-refractivity contribution in [2.45, 2.75) is 19.4 Å². The van der Waals surface area contributed by atoms with Crippen molar-refractivity contribution < 1.29 is 0 Å². The van der Waals surface area contributed by atoms with E-state index in [1.165, 1.54) is 6.42 Å². The molecule has 0 radical (unpaired) electrons. The Morgan fingerprint density at radius 1 is 1.69 bits per heavy atom. The van der Waals surface area contributed by atoms with Crippen LogP contribution in [0.1, 0.15) is 13.3 Å². The van der Waals surface area contributed by atoms with Crippen LogP contribution in [0.2, 0.25) is 0 Å². The fourth-order valence-corrected chi connectivity index (χ4v) is 1.49. The molecule has 1 heterocycles. The summed E-state index contributed by atoms with van der Waals surface area (Å²) in [6, 6.07) is 0.547. The Morgan fingerprint density at radius 3 is 3.00 bits per heavy atom. The summed E-state index contributed by atoms with van der Waals surface area (Å²) < 4.78 is 0.862. The molecule has 13 heavy (non-hydrogen) atoms. The molecule has 70 valence electrons. The van der Waals surface area contributed by atoms with E-state index in [9.17, 15) is 0 Å². The SMILES string of the molecule is CC1CC1Nc1nc(N)ncc1Br. The van der Waals surface area contributed by atoms with Crippen molar-refractivity contribution in [1.82, 2.24) is 9.97 Å². The fourth-order valence-electron chi connectivity index (χ4n) is 1.18. The van der Waals surface area contributed by atoms with Crippen LogP contribution in [0.5, 0.6) is 0 Å². The first-order valence-corrected chi connectivity index (χ1v) is 5.00. The topological polar surface area (TPSA) is 63.8 Å². The highest BCUT2D eigenvalue weighted by Gasteiger charge is 2.33. The summed E-state index contributed by atoms with van der Waals surface area (Å²) in [5, 5.41) is 3.30. The predicted octanol–water partition coefficient (Wildman–Crippen LogP) is 1.64. The Bertz CT molecular complexity index is 328. The number of hydrogen-bond donors (Lipinski definition) is 2. The molecule has 2 atom stereocenters. The van der Waals surface area contributed by atoms with Gasteiger partial charge >= 0.3 is 0 Å². The lowest BCUT2D eigenvalue weighted by atomic mass is 10.4. The van der Waals surface area contributed by atoms with Crippen molar-refractivity contribution in [3.8, 4) is 0 Å². The minimum Gasteiger partial charge on any atom is -0.368 e. The lowest BCUT2D eigenvalue weighted by Gasteiger charge is -2.05. The van der Waals surface area contributed by atoms with Crippen molar-refractivity contribution in [2.24, 2.45) is 5.92 Å². The molecule has 0 saturated heterocycles. The number of anilines is 2. The van der Waals surface area contributed by atoms with E-state index in [2.05, 4.69) is 38.1 Å². The third kappa shape index (κ3) is 1.91. The smallest absolute Gasteiger partial charge is 0.221 e. The largest absolute Gasteiger partial charge is 0.368 e. The van der Waals surface area contributed by atoms with Gasteiger partial charge in [-0.05, 0) is 28.3 Å². The lowest BCUT2D eigenvalue weighted by Crippen LogP contribution is -2.07. The number of nitrogens with one attached hydrogen (secondary N) is 1. The van der Waals surface area contributed by atoms with Crippen LogP contribution in [-0.2, 0) is 0 Å². The van der Waals surface area contributed by atoms with Gasteiger partial charge in [0.1, 0.15) is 5.82 Å². The minimum absolute atomic E-state index is 0.305. The van der Waals surface area contributed by atoms with Crippen LogP contribution in [0.15, 0.2) is 10.7 Å². The van der Waals surface area contributed by atoms with E-state index in [0.29, 0.717) is 12.0 Å². The number of nitrogens with zero attached hydrogens (tertiary/aromatic N) is 2. The maximum absolute atomic E-state index is 5.48. The summed E-state index contributed by atoms with van der Waals surface area (Å²) in [6.45, 7) is 2.20. The second-order valence-corrected chi connectivity index (χ2v) is 4.24. The second kappa shape index (κ2) is 3.14. The first-order valence-electron chi connectivity index (χ1n) is 4.21. The fraction of sp³-hybridized carbons (Fsp3) is 0.500. The van der Waals surface area contributed by atoms with Crippen LogP contribution in [0.3, 0.4) is 0 Å². The molecule has 1 aliphatic carbocycles. The van der Waals surface area contributed by atoms with Gasteiger partial charge in [-0.2, -0.15) is 4.98 Å². The normalized spacial score (nSPS) is 25.7. The molecule has 5 heteroatoms. The quantitative estimate of drug-likeness (QED) is 0.828. The molecule has 1 aromatic heterocycles. The molecule has 0 bridgehead atoms. The van der Waals surface area contributed by atoms with Gasteiger partial charge in [-0.15, -0.1) is 0 Å². The molecule has 3 N–H and O–H groups in total. The lowest BCUT2D eigenvalue weighted by molar-refractivity contribution is 0.921. The Labute approximate surface area is 85.1 Å². The van der Waals surface area contributed by atoms with E-state index in [0.717, 1.165) is 16.2 Å². The third-order valence-electron chi connectivity index (χ3n) is 2.19. The van der Waals surface area contributed by atoms with Crippen LogP contribution < -0.4 is 11.1 Å². The van der Waals surface area contributed by atoms with E-state index >= 15 is 0 Å². The molecule has 1 saturated carbocycles. The van der Waals surface area contributed by atoms with Crippen LogP contribution in [-0.4, -0.2) is 16.0 Å². The highest BCUT2D eigenvalue weighted by molar-refractivity contribution is 9.10. The van der Waals surface area contributed by atoms with E-state index < -0.39 is 0 Å². The minimum atomic E-state index is 0.305. The molecule has 0 aromatic carbocycles. The molecule has 1 aromatic rings. The number of aromatic nitrogens is 2. The van der Waals surface area contributed by atoms with Crippen molar-refractivity contribution in [1.29, 1.82) is 0 Å². The van der Waals surface area contributed by atoms with Gasteiger partial charge in [0.2, 0.25) is 5.95 Å². The second-order valence-electron chi connectivity index (χ2n) is 3.39. The first-order chi connectivity index (χ1) is 6.16. The van der Waals surface area contributed by atoms with E-state index in [4.69, 9.17) is 5.73 Å². The molecule has 0 amide bonds. The molecule has 2 rings (SSSR count). The van der Waals surface area contributed by atoms with Crippen molar-refractivity contribution in [3.63, 3.8) is 0 Å². The summed E-state index contributed by atoms with van der Waals surface area (Å²) >= 11 is 3.36. The van der Waals surface area contributed by atoms with Gasteiger partial charge in [-0.25, -0.2) is 4.98 Å². The van der Waals surface area contributed by atoms with E-state index in [1.54, 1.807) is 6.20 Å². The molecular formula is C8H11BrN4. The van der Waals surface area contributed by atoms with Gasteiger partial charge in [-0.3, -0.25) is 0 Å². The Morgan fingerprint density at radius 2 is 2.38 bits per heavy atom. The Hall–Kier alpha value is -0.840. The van der Waals surface area contributed by atoms with Crippen LogP contribution in [0, 0.1) is 5.92 Å².